The van der Waals surface area contributed by atoms with Crippen molar-refractivity contribution in [3.05, 3.63) is 0 Å². The molecule has 0 atom stereocenters. The minimum Gasteiger partial charge on any atom is -0.416 e. The molecule has 0 heterocycles. The van der Waals surface area contributed by atoms with Gasteiger partial charge in [0.1, 0.15) is 10.5 Å². The Hall–Kier alpha value is 0.628. The van der Waals surface area contributed by atoms with Gasteiger partial charge in [-0.3, -0.25) is 0 Å². The molecule has 0 fully saturated rings. The van der Waals surface area contributed by atoms with Crippen molar-refractivity contribution in [2.24, 2.45) is 0 Å². The van der Waals surface area contributed by atoms with Gasteiger partial charge in [-0.25, -0.2) is 0 Å². The number of hydrogen-bond acceptors (Lipinski definition) is 6. The van der Waals surface area contributed by atoms with Crippen molar-refractivity contribution in [2.75, 3.05) is 7.11 Å². The first kappa shape index (κ1) is 11.6. The molecule has 0 unspecified atom stereocenters. The quantitative estimate of drug-likeness (QED) is 0.449. The fraction of sp³-hybridized carbons (Fsp3) is 1.00. The van der Waals surface area contributed by atoms with E-state index in [4.69, 9.17) is 26.4 Å². The van der Waals surface area contributed by atoms with E-state index in [9.17, 15) is 0 Å². The average Bonchev–Trinajstić information content (AvgIpc) is 2.04. The summed E-state index contributed by atoms with van der Waals surface area (Å²) in [4.78, 5) is 17.1. The molecule has 0 aromatic rings. The van der Waals surface area contributed by atoms with E-state index in [0.29, 0.717) is 10.5 Å². The molecule has 0 bridgehead atoms. The Balaban J connectivity index is 3.96. The first-order chi connectivity index (χ1) is 5.24. The van der Waals surface area contributed by atoms with Crippen LogP contribution in [0, 0.1) is 0 Å². The van der Waals surface area contributed by atoms with Crippen LogP contribution in [0.15, 0.2) is 0 Å². The molecule has 0 radical (unpaired) electrons. The standard InChI is InChI=1S/CH12O6Si4/c1-4-11(5-8,6-9-2)7-10-3/h2-3H,9-10H2,1,8H3. The molecule has 0 aliphatic carbocycles. The molecule has 0 amide bonds. The fourth-order valence-electron chi connectivity index (χ4n) is 0.519. The normalized spacial score (nSPS) is 18.8. The van der Waals surface area contributed by atoms with Crippen LogP contribution >= 0.6 is 0 Å². The largest absolute Gasteiger partial charge is 0.649 e. The van der Waals surface area contributed by atoms with Gasteiger partial charge < -0.3 is 26.4 Å². The summed E-state index contributed by atoms with van der Waals surface area (Å²) in [6, 6.07) is 0. The number of hydrogen-bond donors (Lipinski definition) is 2. The zero-order chi connectivity index (χ0) is 8.74. The lowest BCUT2D eigenvalue weighted by Gasteiger charge is -2.23. The molecule has 0 rings (SSSR count). The second-order valence-corrected chi connectivity index (χ2v) is 7.32. The van der Waals surface area contributed by atoms with Gasteiger partial charge in [-0.2, -0.15) is 0 Å². The molecule has 0 aromatic carbocycles. The molecule has 10 heteroatoms. The van der Waals surface area contributed by atoms with Gasteiger partial charge in [-0.1, -0.05) is 0 Å². The predicted octanol–water partition coefficient (Wildman–Crippen LogP) is -4.62. The molecule has 2 N–H and O–H groups in total. The third kappa shape index (κ3) is 3.70. The van der Waals surface area contributed by atoms with Gasteiger partial charge in [0.25, 0.3) is 20.0 Å². The van der Waals surface area contributed by atoms with Crippen molar-refractivity contribution in [3.8, 4) is 0 Å². The molecule has 68 valence electrons. The first-order valence-electron chi connectivity index (χ1n) is 2.84. The van der Waals surface area contributed by atoms with Crippen LogP contribution in [0.5, 0.6) is 0 Å². The van der Waals surface area contributed by atoms with Gasteiger partial charge in [-0.05, 0) is 0 Å². The Morgan fingerprint density at radius 1 is 1.27 bits per heavy atom. The highest BCUT2D eigenvalue weighted by atomic mass is 28.5. The van der Waals surface area contributed by atoms with Crippen LogP contribution in [0.25, 0.3) is 0 Å². The van der Waals surface area contributed by atoms with Crippen molar-refractivity contribution in [1.29, 1.82) is 0 Å². The summed E-state index contributed by atoms with van der Waals surface area (Å²) in [5.74, 6) is 0. The molecule has 0 spiro atoms. The lowest BCUT2D eigenvalue weighted by molar-refractivity contribution is 0.113. The second kappa shape index (κ2) is 6.18. The highest BCUT2D eigenvalue weighted by Crippen LogP contribution is 2.05. The molecule has 0 aliphatic rings. The molecule has 0 aliphatic heterocycles. The summed E-state index contributed by atoms with van der Waals surface area (Å²) in [5.41, 5.74) is 0. The molecule has 0 saturated heterocycles. The smallest absolute Gasteiger partial charge is 0.416 e. The maximum atomic E-state index is 8.55. The molecular weight excluding hydrogens is 220 g/mol. The maximum Gasteiger partial charge on any atom is 0.649 e. The zero-order valence-corrected chi connectivity index (χ0v) is 12.3. The molecule has 0 saturated carbocycles. The Bertz CT molecular complexity index is 86.6. The summed E-state index contributed by atoms with van der Waals surface area (Å²) in [7, 11) is -4.52. The Morgan fingerprint density at radius 3 is 1.91 bits per heavy atom. The lowest BCUT2D eigenvalue weighted by atomic mass is 11.8. The third-order valence-corrected chi connectivity index (χ3v) is 7.34. The van der Waals surface area contributed by atoms with Crippen LogP contribution in [0.3, 0.4) is 0 Å². The van der Waals surface area contributed by atoms with Crippen LogP contribution < -0.4 is 0 Å². The predicted molar refractivity (Wildman–Crippen MR) is 47.5 cm³/mol. The SMILES string of the molecule is CO[Si](O[SiH3])(O[SiH2]O)O[SiH2]O. The van der Waals surface area contributed by atoms with Crippen LogP contribution in [-0.2, 0) is 16.8 Å². The van der Waals surface area contributed by atoms with Crippen molar-refractivity contribution in [1.82, 2.24) is 0 Å². The highest BCUT2D eigenvalue weighted by Gasteiger charge is 2.41. The average molecular weight is 232 g/mol. The Labute approximate surface area is 73.6 Å². The van der Waals surface area contributed by atoms with E-state index >= 15 is 0 Å². The fourth-order valence-corrected chi connectivity index (χ4v) is 7.54. The van der Waals surface area contributed by atoms with E-state index in [2.05, 4.69) is 0 Å². The van der Waals surface area contributed by atoms with Gasteiger partial charge >= 0.3 is 9.05 Å². The van der Waals surface area contributed by atoms with E-state index in [-0.39, 0.29) is 0 Å². The monoisotopic (exact) mass is 232 g/mol. The maximum absolute atomic E-state index is 8.55. The topological polar surface area (TPSA) is 77.4 Å². The lowest BCUT2D eigenvalue weighted by Crippen LogP contribution is -2.49. The van der Waals surface area contributed by atoms with Gasteiger partial charge in [0.2, 0.25) is 0 Å². The van der Waals surface area contributed by atoms with Gasteiger partial charge in [0, 0.05) is 7.11 Å². The molecule has 0 aromatic heterocycles. The van der Waals surface area contributed by atoms with Crippen molar-refractivity contribution in [2.45, 2.75) is 0 Å². The molecule has 6 nitrogen and oxygen atoms in total. The van der Waals surface area contributed by atoms with E-state index in [0.717, 1.165) is 0 Å². The van der Waals surface area contributed by atoms with E-state index in [1.165, 1.54) is 7.11 Å². The Morgan fingerprint density at radius 2 is 1.73 bits per heavy atom. The minimum absolute atomic E-state index is 0.393. The van der Waals surface area contributed by atoms with Crippen molar-refractivity contribution in [3.63, 3.8) is 0 Å². The van der Waals surface area contributed by atoms with Crippen molar-refractivity contribution >= 4 is 39.5 Å². The van der Waals surface area contributed by atoms with Crippen molar-refractivity contribution < 1.29 is 26.4 Å². The summed E-state index contributed by atoms with van der Waals surface area (Å²) in [5, 5.41) is 0. The highest BCUT2D eigenvalue weighted by molar-refractivity contribution is 6.65. The van der Waals surface area contributed by atoms with Gasteiger partial charge in [0.15, 0.2) is 0 Å². The van der Waals surface area contributed by atoms with Crippen LogP contribution in [0.1, 0.15) is 0 Å². The molecule has 11 heavy (non-hydrogen) atoms. The van der Waals surface area contributed by atoms with Crippen LogP contribution in [-0.4, -0.2) is 56.2 Å². The number of rotatable bonds is 6. The Kier molecular flexibility index (Phi) is 6.53. The van der Waals surface area contributed by atoms with Gasteiger partial charge in [0.05, 0.1) is 0 Å². The summed E-state index contributed by atoms with van der Waals surface area (Å²) in [6.45, 7) is 0. The third-order valence-electron chi connectivity index (χ3n) is 0.983. The summed E-state index contributed by atoms with van der Waals surface area (Å²) < 4.78 is 19.4. The van der Waals surface area contributed by atoms with Crippen LogP contribution in [0.2, 0.25) is 0 Å². The molecular formula is CH12O6Si4. The first-order valence-corrected chi connectivity index (χ1v) is 7.71. The van der Waals surface area contributed by atoms with Crippen LogP contribution in [0.4, 0.5) is 0 Å². The second-order valence-electron chi connectivity index (χ2n) is 1.46. The minimum atomic E-state index is -3.06. The van der Waals surface area contributed by atoms with Gasteiger partial charge in [-0.15, -0.1) is 0 Å². The van der Waals surface area contributed by atoms with E-state index in [1.807, 2.05) is 0 Å². The van der Waals surface area contributed by atoms with E-state index < -0.39 is 29.1 Å². The summed E-state index contributed by atoms with van der Waals surface area (Å²) >= 11 is 0. The summed E-state index contributed by atoms with van der Waals surface area (Å²) in [6.07, 6.45) is 0. The zero-order valence-electron chi connectivity index (χ0n) is 6.44. The van der Waals surface area contributed by atoms with E-state index in [1.54, 1.807) is 0 Å².